The summed E-state index contributed by atoms with van der Waals surface area (Å²) >= 11 is 0. The van der Waals surface area contributed by atoms with Crippen LogP contribution in [0.15, 0.2) is 9.98 Å². The zero-order chi connectivity index (χ0) is 19.4. The summed E-state index contributed by atoms with van der Waals surface area (Å²) in [6.45, 7) is 9.03. The van der Waals surface area contributed by atoms with Crippen LogP contribution in [0.3, 0.4) is 0 Å². The highest BCUT2D eigenvalue weighted by Gasteiger charge is 2.31. The fourth-order valence-corrected chi connectivity index (χ4v) is 3.95. The second kappa shape index (κ2) is 12.6. The standard InChI is InChI=1S/C22H36N4/c1-5-9-11-17(7-3)13-19(14-18(8-4)12-10-6-2)22-25-20(15-23)21(16-24)26-22/h17-19,22H,5-14H2,1-4H3. The van der Waals surface area contributed by atoms with Crippen LogP contribution in [0.25, 0.3) is 0 Å². The van der Waals surface area contributed by atoms with Gasteiger partial charge >= 0.3 is 0 Å². The predicted octanol–water partition coefficient (Wildman–Crippen LogP) is 6.08. The maximum atomic E-state index is 9.24. The van der Waals surface area contributed by atoms with E-state index in [0.29, 0.717) is 17.8 Å². The molecule has 0 saturated heterocycles. The Morgan fingerprint density at radius 2 is 1.23 bits per heavy atom. The van der Waals surface area contributed by atoms with Crippen molar-refractivity contribution in [3.8, 4) is 12.1 Å². The normalized spacial score (nSPS) is 17.8. The molecule has 0 saturated carbocycles. The molecule has 1 aliphatic rings. The van der Waals surface area contributed by atoms with Gasteiger partial charge in [0.2, 0.25) is 0 Å². The van der Waals surface area contributed by atoms with Gasteiger partial charge in [-0.05, 0) is 24.7 Å². The largest absolute Gasteiger partial charge is 0.244 e. The maximum Gasteiger partial charge on any atom is 0.173 e. The Hall–Kier alpha value is -1.68. The number of rotatable bonds is 13. The van der Waals surface area contributed by atoms with Crippen molar-refractivity contribution in [2.75, 3.05) is 0 Å². The first-order chi connectivity index (χ1) is 12.6. The lowest BCUT2D eigenvalue weighted by Gasteiger charge is -2.28. The summed E-state index contributed by atoms with van der Waals surface area (Å²) in [5.74, 6) is 1.71. The smallest absolute Gasteiger partial charge is 0.173 e. The van der Waals surface area contributed by atoms with Crippen LogP contribution in [-0.2, 0) is 0 Å². The lowest BCUT2D eigenvalue weighted by atomic mass is 9.80. The Labute approximate surface area is 160 Å². The van der Waals surface area contributed by atoms with Crippen LogP contribution >= 0.6 is 0 Å². The van der Waals surface area contributed by atoms with E-state index in [1.54, 1.807) is 0 Å². The van der Waals surface area contributed by atoms with Crippen LogP contribution in [0.5, 0.6) is 0 Å². The van der Waals surface area contributed by atoms with Gasteiger partial charge in [0, 0.05) is 5.92 Å². The van der Waals surface area contributed by atoms with E-state index in [0.717, 1.165) is 12.8 Å². The first-order valence-electron chi connectivity index (χ1n) is 10.6. The van der Waals surface area contributed by atoms with Crippen molar-refractivity contribution in [2.45, 2.75) is 98.1 Å². The number of hydrogen-bond acceptors (Lipinski definition) is 4. The molecule has 0 spiro atoms. The maximum absolute atomic E-state index is 9.24. The number of nitriles is 2. The van der Waals surface area contributed by atoms with Crippen molar-refractivity contribution in [1.29, 1.82) is 10.5 Å². The van der Waals surface area contributed by atoms with Crippen LogP contribution in [0.4, 0.5) is 0 Å². The first kappa shape index (κ1) is 22.4. The van der Waals surface area contributed by atoms with E-state index >= 15 is 0 Å². The van der Waals surface area contributed by atoms with E-state index in [-0.39, 0.29) is 17.6 Å². The molecule has 144 valence electrons. The highest BCUT2D eigenvalue weighted by molar-refractivity contribution is 6.54. The summed E-state index contributed by atoms with van der Waals surface area (Å²) in [7, 11) is 0. The van der Waals surface area contributed by atoms with E-state index < -0.39 is 0 Å². The summed E-state index contributed by atoms with van der Waals surface area (Å²) in [6, 6.07) is 4.10. The summed E-state index contributed by atoms with van der Waals surface area (Å²) in [4.78, 5) is 9.05. The molecule has 0 bridgehead atoms. The van der Waals surface area contributed by atoms with Crippen molar-refractivity contribution < 1.29 is 0 Å². The summed E-state index contributed by atoms with van der Waals surface area (Å²) < 4.78 is 0. The van der Waals surface area contributed by atoms with Gasteiger partial charge in [0.05, 0.1) is 0 Å². The average molecular weight is 357 g/mol. The van der Waals surface area contributed by atoms with Gasteiger partial charge in [-0.2, -0.15) is 10.5 Å². The summed E-state index contributed by atoms with van der Waals surface area (Å²) in [5.41, 5.74) is 0.455. The molecule has 2 atom stereocenters. The number of nitrogens with zero attached hydrogens (tertiary/aromatic N) is 4. The van der Waals surface area contributed by atoms with Crippen LogP contribution in [0, 0.1) is 40.4 Å². The topological polar surface area (TPSA) is 72.3 Å². The SMILES string of the molecule is CCCCC(CC)CC(CC(CC)CCCC)C1N=C(C#N)C(C#N)=N1. The fourth-order valence-electron chi connectivity index (χ4n) is 3.95. The zero-order valence-corrected chi connectivity index (χ0v) is 17.2. The number of aliphatic imine (C=N–C) groups is 2. The Bertz CT molecular complexity index is 501. The van der Waals surface area contributed by atoms with Crippen molar-refractivity contribution in [3.05, 3.63) is 0 Å². The lowest BCUT2D eigenvalue weighted by Crippen LogP contribution is -2.22. The second-order valence-corrected chi connectivity index (χ2v) is 7.66. The molecule has 1 rings (SSSR count). The van der Waals surface area contributed by atoms with E-state index in [1.165, 1.54) is 51.4 Å². The Morgan fingerprint density at radius 1 is 0.808 bits per heavy atom. The third-order valence-electron chi connectivity index (χ3n) is 5.74. The Balaban J connectivity index is 2.94. The molecule has 4 heteroatoms. The van der Waals surface area contributed by atoms with Gasteiger partial charge in [-0.15, -0.1) is 0 Å². The molecule has 26 heavy (non-hydrogen) atoms. The molecule has 0 radical (unpaired) electrons. The minimum Gasteiger partial charge on any atom is -0.244 e. The summed E-state index contributed by atoms with van der Waals surface area (Å²) in [5, 5.41) is 18.5. The van der Waals surface area contributed by atoms with Gasteiger partial charge in [0.1, 0.15) is 18.3 Å². The molecule has 1 heterocycles. The monoisotopic (exact) mass is 356 g/mol. The molecule has 2 unspecified atom stereocenters. The molecule has 1 aliphatic heterocycles. The molecule has 0 aromatic carbocycles. The van der Waals surface area contributed by atoms with Crippen LogP contribution in [-0.4, -0.2) is 17.6 Å². The van der Waals surface area contributed by atoms with Gasteiger partial charge in [0.25, 0.3) is 0 Å². The molecule has 0 N–H and O–H groups in total. The van der Waals surface area contributed by atoms with Crippen LogP contribution in [0.1, 0.15) is 91.9 Å². The van der Waals surface area contributed by atoms with Crippen LogP contribution in [0.2, 0.25) is 0 Å². The first-order valence-corrected chi connectivity index (χ1v) is 10.6. The van der Waals surface area contributed by atoms with Gasteiger partial charge in [-0.1, -0.05) is 79.1 Å². The van der Waals surface area contributed by atoms with Crippen molar-refractivity contribution in [1.82, 2.24) is 0 Å². The zero-order valence-electron chi connectivity index (χ0n) is 17.2. The van der Waals surface area contributed by atoms with Crippen molar-refractivity contribution >= 4 is 11.4 Å². The molecule has 4 nitrogen and oxygen atoms in total. The Kier molecular flexibility index (Phi) is 10.9. The van der Waals surface area contributed by atoms with Gasteiger partial charge in [-0.3, -0.25) is 0 Å². The average Bonchev–Trinajstić information content (AvgIpc) is 3.10. The third kappa shape index (κ3) is 6.91. The predicted molar refractivity (Wildman–Crippen MR) is 109 cm³/mol. The minimum absolute atomic E-state index is 0.228. The Morgan fingerprint density at radius 3 is 1.54 bits per heavy atom. The molecule has 0 aromatic heterocycles. The molecular formula is C22H36N4. The summed E-state index contributed by atoms with van der Waals surface area (Å²) in [6.07, 6.45) is 11.8. The van der Waals surface area contributed by atoms with E-state index in [1.807, 2.05) is 12.1 Å². The minimum atomic E-state index is -0.231. The molecule has 0 aliphatic carbocycles. The van der Waals surface area contributed by atoms with Crippen molar-refractivity contribution in [2.24, 2.45) is 27.7 Å². The highest BCUT2D eigenvalue weighted by Crippen LogP contribution is 2.34. The van der Waals surface area contributed by atoms with Gasteiger partial charge in [0.15, 0.2) is 11.4 Å². The van der Waals surface area contributed by atoms with Crippen LogP contribution < -0.4 is 0 Å². The highest BCUT2D eigenvalue weighted by atomic mass is 15.1. The van der Waals surface area contributed by atoms with E-state index in [9.17, 15) is 10.5 Å². The lowest BCUT2D eigenvalue weighted by molar-refractivity contribution is 0.244. The molecule has 0 aromatic rings. The fraction of sp³-hybridized carbons (Fsp3) is 0.818. The third-order valence-corrected chi connectivity index (χ3v) is 5.74. The molecule has 0 fully saturated rings. The molecule has 0 amide bonds. The second-order valence-electron chi connectivity index (χ2n) is 7.66. The quantitative estimate of drug-likeness (QED) is 0.401. The van der Waals surface area contributed by atoms with Gasteiger partial charge in [-0.25, -0.2) is 9.98 Å². The van der Waals surface area contributed by atoms with Gasteiger partial charge < -0.3 is 0 Å². The molecular weight excluding hydrogens is 320 g/mol. The van der Waals surface area contributed by atoms with E-state index in [2.05, 4.69) is 37.7 Å². The number of hydrogen-bond donors (Lipinski definition) is 0. The van der Waals surface area contributed by atoms with Crippen molar-refractivity contribution in [3.63, 3.8) is 0 Å². The van der Waals surface area contributed by atoms with E-state index in [4.69, 9.17) is 0 Å². The number of unbranched alkanes of at least 4 members (excludes halogenated alkanes) is 2.